The molecule has 72 valence electrons. The van der Waals surface area contributed by atoms with E-state index in [-0.39, 0.29) is 0 Å². The summed E-state index contributed by atoms with van der Waals surface area (Å²) in [6.45, 7) is 1.92. The fraction of sp³-hybridized carbons (Fsp3) is 0.100. The van der Waals surface area contributed by atoms with E-state index in [2.05, 4.69) is 9.97 Å². The highest BCUT2D eigenvalue weighted by atomic mass is 14.9. The SMILES string of the molecule is Cc1c[nH]c(-c2cccc(N)c2N)n1. The van der Waals surface area contributed by atoms with Gasteiger partial charge in [-0.15, -0.1) is 0 Å². The normalized spacial score (nSPS) is 10.4. The maximum atomic E-state index is 5.84. The van der Waals surface area contributed by atoms with Crippen LogP contribution < -0.4 is 11.5 Å². The Balaban J connectivity index is 2.57. The topological polar surface area (TPSA) is 80.7 Å². The molecule has 0 saturated carbocycles. The van der Waals surface area contributed by atoms with Crippen LogP contribution in [0.15, 0.2) is 24.4 Å². The molecule has 2 rings (SSSR count). The molecule has 5 N–H and O–H groups in total. The first-order chi connectivity index (χ1) is 6.68. The summed E-state index contributed by atoms with van der Waals surface area (Å²) in [6, 6.07) is 5.53. The second-order valence-corrected chi connectivity index (χ2v) is 3.20. The standard InChI is InChI=1S/C10H12N4/c1-6-5-13-10(14-6)7-3-2-4-8(11)9(7)12/h2-5H,11-12H2,1H3,(H,13,14). The Morgan fingerprint density at radius 1 is 1.29 bits per heavy atom. The zero-order chi connectivity index (χ0) is 10.1. The van der Waals surface area contributed by atoms with Crippen molar-refractivity contribution < 1.29 is 0 Å². The van der Waals surface area contributed by atoms with E-state index in [4.69, 9.17) is 11.5 Å². The number of para-hydroxylation sites is 1. The zero-order valence-electron chi connectivity index (χ0n) is 7.91. The van der Waals surface area contributed by atoms with Gasteiger partial charge in [0.1, 0.15) is 5.82 Å². The molecular formula is C10H12N4. The minimum absolute atomic E-state index is 0.571. The van der Waals surface area contributed by atoms with Crippen LogP contribution in [0.2, 0.25) is 0 Å². The number of nitrogens with one attached hydrogen (secondary N) is 1. The molecule has 0 unspecified atom stereocenters. The lowest BCUT2D eigenvalue weighted by atomic mass is 10.1. The van der Waals surface area contributed by atoms with Crippen molar-refractivity contribution in [2.45, 2.75) is 6.92 Å². The Morgan fingerprint density at radius 2 is 2.07 bits per heavy atom. The third kappa shape index (κ3) is 1.31. The number of imidazole rings is 1. The summed E-state index contributed by atoms with van der Waals surface area (Å²) < 4.78 is 0. The van der Waals surface area contributed by atoms with Gasteiger partial charge in [0.05, 0.1) is 17.1 Å². The molecule has 14 heavy (non-hydrogen) atoms. The van der Waals surface area contributed by atoms with Crippen molar-refractivity contribution >= 4 is 11.4 Å². The number of aryl methyl sites for hydroxylation is 1. The van der Waals surface area contributed by atoms with Crippen LogP contribution in [0.3, 0.4) is 0 Å². The number of benzene rings is 1. The average molecular weight is 188 g/mol. The number of hydrogen-bond acceptors (Lipinski definition) is 3. The smallest absolute Gasteiger partial charge is 0.139 e. The second kappa shape index (κ2) is 3.06. The van der Waals surface area contributed by atoms with Crippen molar-refractivity contribution in [1.29, 1.82) is 0 Å². The van der Waals surface area contributed by atoms with E-state index in [0.29, 0.717) is 11.4 Å². The number of aromatic nitrogens is 2. The molecule has 0 aliphatic carbocycles. The lowest BCUT2D eigenvalue weighted by Crippen LogP contribution is -1.97. The molecule has 0 fully saturated rings. The van der Waals surface area contributed by atoms with Gasteiger partial charge in [0.2, 0.25) is 0 Å². The highest BCUT2D eigenvalue weighted by molar-refractivity contribution is 5.81. The number of H-pyrrole nitrogens is 1. The van der Waals surface area contributed by atoms with Crippen LogP contribution in [-0.2, 0) is 0 Å². The van der Waals surface area contributed by atoms with Gasteiger partial charge in [-0.25, -0.2) is 4.98 Å². The molecule has 0 spiro atoms. The van der Waals surface area contributed by atoms with Gasteiger partial charge < -0.3 is 16.5 Å². The van der Waals surface area contributed by atoms with E-state index in [1.165, 1.54) is 0 Å². The largest absolute Gasteiger partial charge is 0.397 e. The van der Waals surface area contributed by atoms with Crippen LogP contribution in [0.4, 0.5) is 11.4 Å². The molecule has 0 aliphatic rings. The van der Waals surface area contributed by atoms with E-state index >= 15 is 0 Å². The number of hydrogen-bond donors (Lipinski definition) is 3. The molecule has 0 atom stereocenters. The summed E-state index contributed by atoms with van der Waals surface area (Å²) in [6.07, 6.45) is 1.83. The molecule has 0 bridgehead atoms. The fourth-order valence-corrected chi connectivity index (χ4v) is 1.34. The van der Waals surface area contributed by atoms with Gasteiger partial charge in [-0.2, -0.15) is 0 Å². The van der Waals surface area contributed by atoms with Crippen molar-refractivity contribution in [2.75, 3.05) is 11.5 Å². The number of aromatic amines is 1. The molecule has 4 heteroatoms. The van der Waals surface area contributed by atoms with Gasteiger partial charge >= 0.3 is 0 Å². The molecule has 1 aromatic heterocycles. The van der Waals surface area contributed by atoms with Crippen molar-refractivity contribution in [3.05, 3.63) is 30.1 Å². The predicted octanol–water partition coefficient (Wildman–Crippen LogP) is 1.55. The van der Waals surface area contributed by atoms with E-state index in [0.717, 1.165) is 17.1 Å². The van der Waals surface area contributed by atoms with Crippen LogP contribution >= 0.6 is 0 Å². The first-order valence-corrected chi connectivity index (χ1v) is 4.35. The Labute approximate surface area is 82.0 Å². The predicted molar refractivity (Wildman–Crippen MR) is 57.6 cm³/mol. The van der Waals surface area contributed by atoms with Crippen LogP contribution in [0.25, 0.3) is 11.4 Å². The summed E-state index contributed by atoms with van der Waals surface area (Å²) in [5.41, 5.74) is 14.5. The lowest BCUT2D eigenvalue weighted by Gasteiger charge is -2.04. The van der Waals surface area contributed by atoms with Crippen molar-refractivity contribution in [3.63, 3.8) is 0 Å². The highest BCUT2D eigenvalue weighted by Crippen LogP contribution is 2.27. The number of nitrogens with zero attached hydrogens (tertiary/aromatic N) is 1. The summed E-state index contributed by atoms with van der Waals surface area (Å²) in [5, 5.41) is 0. The Kier molecular flexibility index (Phi) is 1.89. The third-order valence-corrected chi connectivity index (χ3v) is 2.10. The van der Waals surface area contributed by atoms with Crippen molar-refractivity contribution in [1.82, 2.24) is 9.97 Å². The van der Waals surface area contributed by atoms with Gasteiger partial charge in [-0.1, -0.05) is 6.07 Å². The Morgan fingerprint density at radius 3 is 2.71 bits per heavy atom. The average Bonchev–Trinajstić information content (AvgIpc) is 2.57. The molecule has 4 nitrogen and oxygen atoms in total. The number of anilines is 2. The molecule has 0 amide bonds. The summed E-state index contributed by atoms with van der Waals surface area (Å²) in [5.74, 6) is 0.757. The van der Waals surface area contributed by atoms with Crippen molar-refractivity contribution in [2.24, 2.45) is 0 Å². The third-order valence-electron chi connectivity index (χ3n) is 2.10. The number of nitrogens with two attached hydrogens (primary N) is 2. The Hall–Kier alpha value is -1.97. The number of rotatable bonds is 1. The van der Waals surface area contributed by atoms with Crippen molar-refractivity contribution in [3.8, 4) is 11.4 Å². The molecule has 0 radical (unpaired) electrons. The van der Waals surface area contributed by atoms with Gasteiger partial charge in [-0.05, 0) is 19.1 Å². The maximum Gasteiger partial charge on any atom is 0.139 e. The second-order valence-electron chi connectivity index (χ2n) is 3.20. The zero-order valence-corrected chi connectivity index (χ0v) is 7.91. The molecule has 0 saturated heterocycles. The monoisotopic (exact) mass is 188 g/mol. The maximum absolute atomic E-state index is 5.84. The molecule has 1 aromatic carbocycles. The van der Waals surface area contributed by atoms with E-state index < -0.39 is 0 Å². The Bertz CT molecular complexity index is 459. The minimum atomic E-state index is 0.571. The lowest BCUT2D eigenvalue weighted by molar-refractivity contribution is 1.26. The quantitative estimate of drug-likeness (QED) is 0.594. The van der Waals surface area contributed by atoms with E-state index in [1.807, 2.05) is 25.3 Å². The van der Waals surface area contributed by atoms with Crippen LogP contribution in [-0.4, -0.2) is 9.97 Å². The summed E-state index contributed by atoms with van der Waals surface area (Å²) >= 11 is 0. The summed E-state index contributed by atoms with van der Waals surface area (Å²) in [4.78, 5) is 7.33. The van der Waals surface area contributed by atoms with E-state index in [9.17, 15) is 0 Å². The molecule has 0 aliphatic heterocycles. The fourth-order valence-electron chi connectivity index (χ4n) is 1.34. The van der Waals surface area contributed by atoms with Gasteiger partial charge in [0.25, 0.3) is 0 Å². The molecular weight excluding hydrogens is 176 g/mol. The number of nitrogen functional groups attached to an aromatic ring is 2. The highest BCUT2D eigenvalue weighted by Gasteiger charge is 2.07. The first kappa shape index (κ1) is 8.62. The minimum Gasteiger partial charge on any atom is -0.397 e. The van der Waals surface area contributed by atoms with Crippen LogP contribution in [0.5, 0.6) is 0 Å². The van der Waals surface area contributed by atoms with Gasteiger partial charge in [0.15, 0.2) is 0 Å². The van der Waals surface area contributed by atoms with Crippen LogP contribution in [0, 0.1) is 6.92 Å². The van der Waals surface area contributed by atoms with Gasteiger partial charge in [0, 0.05) is 11.8 Å². The molecule has 2 aromatic rings. The van der Waals surface area contributed by atoms with Gasteiger partial charge in [-0.3, -0.25) is 0 Å². The first-order valence-electron chi connectivity index (χ1n) is 4.35. The van der Waals surface area contributed by atoms with E-state index in [1.54, 1.807) is 6.07 Å². The summed E-state index contributed by atoms with van der Waals surface area (Å²) in [7, 11) is 0. The molecule has 1 heterocycles. The van der Waals surface area contributed by atoms with Crippen LogP contribution in [0.1, 0.15) is 5.69 Å².